The fraction of sp³-hybridized carbons (Fsp3) is 0.333. The van der Waals surface area contributed by atoms with Crippen LogP contribution in [0.3, 0.4) is 0 Å². The summed E-state index contributed by atoms with van der Waals surface area (Å²) in [7, 11) is 0. The number of halogens is 3. The molecule has 3 N–H and O–H groups in total. The van der Waals surface area contributed by atoms with E-state index in [1.807, 2.05) is 30.3 Å². The topological polar surface area (TPSA) is 96.9 Å². The molecule has 0 unspecified atom stereocenters. The lowest BCUT2D eigenvalue weighted by Gasteiger charge is -2.44. The number of aliphatic hydroxyl groups is 1. The van der Waals surface area contributed by atoms with Crippen molar-refractivity contribution in [2.45, 2.75) is 31.5 Å². The molecular formula is C21H21F3N2O5. The van der Waals surface area contributed by atoms with Crippen molar-refractivity contribution in [3.05, 3.63) is 65.7 Å². The van der Waals surface area contributed by atoms with E-state index in [1.165, 1.54) is 36.5 Å². The van der Waals surface area contributed by atoms with Crippen molar-refractivity contribution in [2.75, 3.05) is 6.61 Å². The van der Waals surface area contributed by atoms with E-state index < -0.39 is 35.9 Å². The van der Waals surface area contributed by atoms with Crippen LogP contribution in [-0.2, 0) is 16.1 Å². The zero-order valence-electron chi connectivity index (χ0n) is 16.5. The molecule has 1 fully saturated rings. The van der Waals surface area contributed by atoms with Crippen molar-refractivity contribution in [3.63, 3.8) is 0 Å². The SMILES string of the molecule is CCOC(=O)[C@H]1[C@@H](c2ccc(OCc3ccccc3)cc2)NC(=O)N[C@]1(O)C(F)(F)F. The molecule has 0 radical (unpaired) electrons. The molecule has 1 heterocycles. The molecule has 31 heavy (non-hydrogen) atoms. The molecule has 0 saturated carbocycles. The van der Waals surface area contributed by atoms with Gasteiger partial charge in [-0.1, -0.05) is 42.5 Å². The third-order valence-corrected chi connectivity index (χ3v) is 4.83. The Bertz CT molecular complexity index is 921. The van der Waals surface area contributed by atoms with E-state index in [0.29, 0.717) is 5.75 Å². The van der Waals surface area contributed by atoms with Gasteiger partial charge in [0.05, 0.1) is 12.6 Å². The van der Waals surface area contributed by atoms with E-state index in [-0.39, 0.29) is 18.8 Å². The van der Waals surface area contributed by atoms with Gasteiger partial charge in [-0.3, -0.25) is 4.79 Å². The lowest BCUT2D eigenvalue weighted by Crippen LogP contribution is -2.73. The fourth-order valence-electron chi connectivity index (χ4n) is 3.33. The number of alkyl halides is 3. The number of nitrogens with one attached hydrogen (secondary N) is 2. The highest BCUT2D eigenvalue weighted by Gasteiger charge is 2.67. The summed E-state index contributed by atoms with van der Waals surface area (Å²) >= 11 is 0. The van der Waals surface area contributed by atoms with Gasteiger partial charge < -0.3 is 25.2 Å². The van der Waals surface area contributed by atoms with E-state index in [2.05, 4.69) is 5.32 Å². The van der Waals surface area contributed by atoms with Crippen LogP contribution in [0.2, 0.25) is 0 Å². The van der Waals surface area contributed by atoms with Crippen LogP contribution in [0.4, 0.5) is 18.0 Å². The molecule has 10 heteroatoms. The number of ether oxygens (including phenoxy) is 2. The Morgan fingerprint density at radius 1 is 1.13 bits per heavy atom. The summed E-state index contributed by atoms with van der Waals surface area (Å²) in [6.07, 6.45) is -5.32. The number of hydrogen-bond acceptors (Lipinski definition) is 5. The Morgan fingerprint density at radius 2 is 1.77 bits per heavy atom. The number of carbonyl (C=O) groups is 2. The monoisotopic (exact) mass is 438 g/mol. The van der Waals surface area contributed by atoms with Gasteiger partial charge in [0.25, 0.3) is 5.72 Å². The van der Waals surface area contributed by atoms with Gasteiger partial charge in [0.1, 0.15) is 18.3 Å². The van der Waals surface area contributed by atoms with Crippen LogP contribution in [0, 0.1) is 5.92 Å². The fourth-order valence-corrected chi connectivity index (χ4v) is 3.33. The van der Waals surface area contributed by atoms with Crippen LogP contribution in [-0.4, -0.2) is 35.6 Å². The molecule has 0 aromatic heterocycles. The molecule has 2 aromatic rings. The van der Waals surface area contributed by atoms with Crippen LogP contribution < -0.4 is 15.4 Å². The molecule has 1 aliphatic rings. The molecule has 0 bridgehead atoms. The molecule has 166 valence electrons. The highest BCUT2D eigenvalue weighted by molar-refractivity contribution is 5.83. The minimum Gasteiger partial charge on any atom is -0.489 e. The summed E-state index contributed by atoms with van der Waals surface area (Å²) in [5.41, 5.74) is -2.70. The standard InChI is InChI=1S/C21H21F3N2O5/c1-2-30-18(27)16-17(25-19(28)26-20(16,29)21(22,23)24)14-8-10-15(11-9-14)31-12-13-6-4-3-5-7-13/h3-11,16-17,29H,2,12H2,1H3,(H2,25,26,28)/t16-,17-,20-/m1/s1. The molecule has 0 aliphatic carbocycles. The Morgan fingerprint density at radius 3 is 2.35 bits per heavy atom. The highest BCUT2D eigenvalue weighted by Crippen LogP contribution is 2.43. The minimum atomic E-state index is -5.32. The second-order valence-electron chi connectivity index (χ2n) is 6.91. The number of hydrogen-bond donors (Lipinski definition) is 3. The highest BCUT2D eigenvalue weighted by atomic mass is 19.4. The van der Waals surface area contributed by atoms with E-state index in [0.717, 1.165) is 5.56 Å². The maximum atomic E-state index is 13.6. The van der Waals surface area contributed by atoms with Gasteiger partial charge in [0, 0.05) is 0 Å². The van der Waals surface area contributed by atoms with Crippen molar-refractivity contribution in [3.8, 4) is 5.75 Å². The van der Waals surface area contributed by atoms with E-state index >= 15 is 0 Å². The zero-order chi connectivity index (χ0) is 22.6. The van der Waals surface area contributed by atoms with Crippen LogP contribution in [0.1, 0.15) is 24.1 Å². The lowest BCUT2D eigenvalue weighted by molar-refractivity contribution is -0.294. The Kier molecular flexibility index (Phi) is 6.40. The van der Waals surface area contributed by atoms with Crippen LogP contribution >= 0.6 is 0 Å². The second kappa shape index (κ2) is 8.84. The maximum absolute atomic E-state index is 13.6. The summed E-state index contributed by atoms with van der Waals surface area (Å²) < 4.78 is 51.3. The molecule has 1 aliphatic heterocycles. The summed E-state index contributed by atoms with van der Waals surface area (Å²) in [6, 6.07) is 12.4. The summed E-state index contributed by atoms with van der Waals surface area (Å²) in [5, 5.41) is 14.0. The summed E-state index contributed by atoms with van der Waals surface area (Å²) in [4.78, 5) is 24.3. The zero-order valence-corrected chi connectivity index (χ0v) is 16.5. The summed E-state index contributed by atoms with van der Waals surface area (Å²) in [6.45, 7) is 1.51. The second-order valence-corrected chi connectivity index (χ2v) is 6.91. The number of urea groups is 1. The molecule has 3 rings (SSSR count). The van der Waals surface area contributed by atoms with E-state index in [9.17, 15) is 27.9 Å². The first-order valence-electron chi connectivity index (χ1n) is 9.47. The minimum absolute atomic E-state index is 0.169. The molecule has 0 spiro atoms. The average molecular weight is 438 g/mol. The van der Waals surface area contributed by atoms with Gasteiger partial charge in [-0.05, 0) is 30.2 Å². The Balaban J connectivity index is 1.87. The lowest BCUT2D eigenvalue weighted by atomic mass is 9.82. The van der Waals surface area contributed by atoms with Gasteiger partial charge in [0.15, 0.2) is 0 Å². The largest absolute Gasteiger partial charge is 0.489 e. The van der Waals surface area contributed by atoms with E-state index in [4.69, 9.17) is 9.47 Å². The van der Waals surface area contributed by atoms with Crippen molar-refractivity contribution < 1.29 is 37.3 Å². The summed E-state index contributed by atoms with van der Waals surface area (Å²) in [5.74, 6) is -3.03. The first-order chi connectivity index (χ1) is 14.7. The van der Waals surface area contributed by atoms with Crippen molar-refractivity contribution in [1.29, 1.82) is 0 Å². The van der Waals surface area contributed by atoms with E-state index in [1.54, 1.807) is 0 Å². The number of esters is 1. The molecule has 2 amide bonds. The van der Waals surface area contributed by atoms with Gasteiger partial charge in [0.2, 0.25) is 0 Å². The first kappa shape index (κ1) is 22.4. The van der Waals surface area contributed by atoms with Crippen molar-refractivity contribution in [1.82, 2.24) is 10.6 Å². The smallest absolute Gasteiger partial charge is 0.437 e. The third kappa shape index (κ3) is 4.74. The Hall–Kier alpha value is -3.27. The first-order valence-corrected chi connectivity index (χ1v) is 9.47. The number of rotatable bonds is 6. The average Bonchev–Trinajstić information content (AvgIpc) is 2.72. The van der Waals surface area contributed by atoms with Crippen LogP contribution in [0.15, 0.2) is 54.6 Å². The van der Waals surface area contributed by atoms with Gasteiger partial charge in [-0.15, -0.1) is 0 Å². The van der Waals surface area contributed by atoms with Gasteiger partial charge >= 0.3 is 18.2 Å². The van der Waals surface area contributed by atoms with Crippen LogP contribution in [0.25, 0.3) is 0 Å². The predicted octanol–water partition coefficient (Wildman–Crippen LogP) is 3.05. The normalized spacial score (nSPS) is 23.5. The van der Waals surface area contributed by atoms with Crippen LogP contribution in [0.5, 0.6) is 5.75 Å². The quantitative estimate of drug-likeness (QED) is 0.603. The number of benzene rings is 2. The number of amides is 2. The third-order valence-electron chi connectivity index (χ3n) is 4.83. The predicted molar refractivity (Wildman–Crippen MR) is 103 cm³/mol. The molecule has 3 atom stereocenters. The van der Waals surface area contributed by atoms with Crippen molar-refractivity contribution in [2.24, 2.45) is 5.92 Å². The maximum Gasteiger partial charge on any atom is 0.437 e. The Labute approximate surface area is 176 Å². The van der Waals surface area contributed by atoms with Gasteiger partial charge in [-0.25, -0.2) is 4.79 Å². The molecule has 1 saturated heterocycles. The van der Waals surface area contributed by atoms with Crippen molar-refractivity contribution >= 4 is 12.0 Å². The van der Waals surface area contributed by atoms with Gasteiger partial charge in [-0.2, -0.15) is 13.2 Å². The molecular weight excluding hydrogens is 417 g/mol. The number of carbonyl (C=O) groups excluding carboxylic acids is 2. The molecule has 7 nitrogen and oxygen atoms in total. The molecule has 2 aromatic carbocycles.